The lowest BCUT2D eigenvalue weighted by Gasteiger charge is -2.36. The fourth-order valence-corrected chi connectivity index (χ4v) is 3.27. The van der Waals surface area contributed by atoms with E-state index in [0.717, 1.165) is 0 Å². The maximum Gasteiger partial charge on any atom is 0.303 e. The third kappa shape index (κ3) is 9.50. The Balaban J connectivity index is 5.01. The molecular weight excluding hydrogens is 382 g/mol. The lowest BCUT2D eigenvalue weighted by atomic mass is 10.1. The number of nitrogens with two attached hydrogens (primary N) is 2. The number of carbonyl (C=O) groups is 3. The van der Waals surface area contributed by atoms with E-state index < -0.39 is 35.9 Å². The van der Waals surface area contributed by atoms with Crippen LogP contribution in [-0.2, 0) is 14.4 Å². The number of aliphatic hydroxyl groups excluding tert-OH is 2. The molecule has 0 aromatic rings. The first kappa shape index (κ1) is 27.2. The summed E-state index contributed by atoms with van der Waals surface area (Å²) < 4.78 is 0. The van der Waals surface area contributed by atoms with Gasteiger partial charge in [0.1, 0.15) is 0 Å². The van der Waals surface area contributed by atoms with Crippen LogP contribution in [0.1, 0.15) is 33.6 Å². The molecule has 8 N–H and O–H groups in total. The van der Waals surface area contributed by atoms with Crippen molar-refractivity contribution < 1.29 is 29.7 Å². The first-order chi connectivity index (χ1) is 13.6. The molecule has 0 spiro atoms. The highest BCUT2D eigenvalue weighted by atomic mass is 16.4. The minimum Gasteiger partial charge on any atom is -0.481 e. The second kappa shape index (κ2) is 14.2. The third-order valence-corrected chi connectivity index (χ3v) is 5.11. The maximum atomic E-state index is 11.6. The van der Waals surface area contributed by atoms with Gasteiger partial charge in [0, 0.05) is 31.6 Å². The number of hydrogen-bond acceptors (Lipinski definition) is 8. The molecule has 0 aliphatic carbocycles. The van der Waals surface area contributed by atoms with Crippen LogP contribution >= 0.6 is 0 Å². The number of rotatable bonds is 17. The molecule has 0 fully saturated rings. The van der Waals surface area contributed by atoms with Gasteiger partial charge in [0.25, 0.3) is 0 Å². The summed E-state index contributed by atoms with van der Waals surface area (Å²) in [4.78, 5) is 37.3. The van der Waals surface area contributed by atoms with Crippen molar-refractivity contribution in [2.24, 2.45) is 11.5 Å². The minimum absolute atomic E-state index is 0.0589. The predicted octanol–water partition coefficient (Wildman–Crippen LogP) is -2.47. The van der Waals surface area contributed by atoms with Gasteiger partial charge in [-0.05, 0) is 33.4 Å². The van der Waals surface area contributed by atoms with Crippen LogP contribution in [0.2, 0.25) is 0 Å². The van der Waals surface area contributed by atoms with Gasteiger partial charge in [0.2, 0.25) is 11.8 Å². The molecule has 0 saturated heterocycles. The quantitative estimate of drug-likeness (QED) is 0.149. The lowest BCUT2D eigenvalue weighted by molar-refractivity contribution is -0.137. The van der Waals surface area contributed by atoms with Crippen molar-refractivity contribution in [2.75, 3.05) is 39.4 Å². The number of carbonyl (C=O) groups excluding carboxylic acids is 2. The van der Waals surface area contributed by atoms with Crippen LogP contribution in [0.15, 0.2) is 0 Å². The molecule has 0 heterocycles. The Hall–Kier alpha value is -1.79. The van der Waals surface area contributed by atoms with Gasteiger partial charge < -0.3 is 32.1 Å². The SMILES string of the molecule is CCN(C(CO)CNCC(CO)N(CCCC(=O)O)C(C)C(N)=O)C(C)C(N)=O. The smallest absolute Gasteiger partial charge is 0.303 e. The second-order valence-corrected chi connectivity index (χ2v) is 7.05. The molecule has 11 heteroatoms. The Labute approximate surface area is 172 Å². The topological polar surface area (TPSA) is 182 Å². The molecule has 0 radical (unpaired) electrons. The van der Waals surface area contributed by atoms with E-state index in [1.807, 2.05) is 6.92 Å². The van der Waals surface area contributed by atoms with Crippen LogP contribution < -0.4 is 16.8 Å². The Kier molecular flexibility index (Phi) is 13.4. The van der Waals surface area contributed by atoms with Crippen LogP contribution in [0.3, 0.4) is 0 Å². The Bertz CT molecular complexity index is 521. The van der Waals surface area contributed by atoms with Crippen molar-refractivity contribution >= 4 is 17.8 Å². The molecule has 2 amide bonds. The minimum atomic E-state index is -0.940. The largest absolute Gasteiger partial charge is 0.481 e. The van der Waals surface area contributed by atoms with E-state index in [2.05, 4.69) is 5.32 Å². The van der Waals surface area contributed by atoms with Gasteiger partial charge in [-0.3, -0.25) is 24.2 Å². The summed E-state index contributed by atoms with van der Waals surface area (Å²) in [5.74, 6) is -2.00. The van der Waals surface area contributed by atoms with Crippen molar-refractivity contribution in [1.82, 2.24) is 15.1 Å². The summed E-state index contributed by atoms with van der Waals surface area (Å²) in [6.45, 7) is 6.08. The van der Waals surface area contributed by atoms with E-state index in [1.165, 1.54) is 0 Å². The number of carboxylic acids is 1. The van der Waals surface area contributed by atoms with Gasteiger partial charge in [-0.15, -0.1) is 0 Å². The average molecular weight is 420 g/mol. The number of hydrogen-bond donors (Lipinski definition) is 6. The number of primary amides is 2. The number of amides is 2. The Morgan fingerprint density at radius 1 is 0.931 bits per heavy atom. The summed E-state index contributed by atoms with van der Waals surface area (Å²) >= 11 is 0. The van der Waals surface area contributed by atoms with Crippen molar-refractivity contribution in [2.45, 2.75) is 57.8 Å². The normalized spacial score (nSPS) is 15.8. The van der Waals surface area contributed by atoms with Crippen molar-refractivity contribution in [3.8, 4) is 0 Å². The highest BCUT2D eigenvalue weighted by molar-refractivity contribution is 5.79. The van der Waals surface area contributed by atoms with Crippen LogP contribution in [-0.4, -0.2) is 106 Å². The van der Waals surface area contributed by atoms with E-state index in [-0.39, 0.29) is 38.8 Å². The second-order valence-electron chi connectivity index (χ2n) is 7.05. The molecule has 4 unspecified atom stereocenters. The molecule has 170 valence electrons. The molecule has 0 bridgehead atoms. The summed E-state index contributed by atoms with van der Waals surface area (Å²) in [5, 5.41) is 31.5. The number of nitrogens with one attached hydrogen (secondary N) is 1. The summed E-state index contributed by atoms with van der Waals surface area (Å²) in [6.07, 6.45) is 0.249. The monoisotopic (exact) mass is 419 g/mol. The summed E-state index contributed by atoms with van der Waals surface area (Å²) in [5.41, 5.74) is 10.8. The number of nitrogens with zero attached hydrogens (tertiary/aromatic N) is 2. The van der Waals surface area contributed by atoms with Gasteiger partial charge >= 0.3 is 5.97 Å². The number of carboxylic acid groups (broad SMARTS) is 1. The maximum absolute atomic E-state index is 11.6. The van der Waals surface area contributed by atoms with E-state index in [0.29, 0.717) is 19.5 Å². The highest BCUT2D eigenvalue weighted by Crippen LogP contribution is 2.09. The van der Waals surface area contributed by atoms with Crippen LogP contribution in [0.5, 0.6) is 0 Å². The van der Waals surface area contributed by atoms with E-state index >= 15 is 0 Å². The summed E-state index contributed by atoms with van der Waals surface area (Å²) in [7, 11) is 0. The fraction of sp³-hybridized carbons (Fsp3) is 0.833. The van der Waals surface area contributed by atoms with Crippen molar-refractivity contribution in [3.05, 3.63) is 0 Å². The van der Waals surface area contributed by atoms with Gasteiger partial charge in [-0.1, -0.05) is 6.92 Å². The number of aliphatic carboxylic acids is 1. The highest BCUT2D eigenvalue weighted by Gasteiger charge is 2.28. The first-order valence-corrected chi connectivity index (χ1v) is 9.84. The summed E-state index contributed by atoms with van der Waals surface area (Å²) in [6, 6.07) is -2.07. The molecule has 0 aromatic carbocycles. The average Bonchev–Trinajstić information content (AvgIpc) is 2.67. The van der Waals surface area contributed by atoms with Gasteiger partial charge in [0.15, 0.2) is 0 Å². The Morgan fingerprint density at radius 2 is 1.38 bits per heavy atom. The zero-order valence-corrected chi connectivity index (χ0v) is 17.6. The molecule has 11 nitrogen and oxygen atoms in total. The van der Waals surface area contributed by atoms with Gasteiger partial charge in [0.05, 0.1) is 25.3 Å². The first-order valence-electron chi connectivity index (χ1n) is 9.84. The van der Waals surface area contributed by atoms with Crippen molar-refractivity contribution in [3.63, 3.8) is 0 Å². The third-order valence-electron chi connectivity index (χ3n) is 5.11. The van der Waals surface area contributed by atoms with Crippen molar-refractivity contribution in [1.29, 1.82) is 0 Å². The fourth-order valence-electron chi connectivity index (χ4n) is 3.27. The predicted molar refractivity (Wildman–Crippen MR) is 108 cm³/mol. The van der Waals surface area contributed by atoms with Gasteiger partial charge in [-0.2, -0.15) is 0 Å². The standard InChI is InChI=1S/C18H37N5O6/c1-4-22(12(2)17(19)28)14(10-24)8-21-9-15(11-25)23(13(3)18(20)29)7-5-6-16(26)27/h12-15,21,24-25H,4-11H2,1-3H3,(H2,19,28)(H2,20,29)(H,26,27). The molecular formula is C18H37N5O6. The molecule has 0 aromatic heterocycles. The zero-order chi connectivity index (χ0) is 22.6. The lowest BCUT2D eigenvalue weighted by Crippen LogP contribution is -2.56. The molecule has 4 atom stereocenters. The molecule has 0 aliphatic heterocycles. The van der Waals surface area contributed by atoms with Crippen LogP contribution in [0.4, 0.5) is 0 Å². The van der Waals surface area contributed by atoms with Gasteiger partial charge in [-0.25, -0.2) is 0 Å². The Morgan fingerprint density at radius 3 is 1.76 bits per heavy atom. The van der Waals surface area contributed by atoms with Crippen LogP contribution in [0, 0.1) is 0 Å². The molecule has 29 heavy (non-hydrogen) atoms. The van der Waals surface area contributed by atoms with Crippen LogP contribution in [0.25, 0.3) is 0 Å². The number of likely N-dealkylation sites (N-methyl/N-ethyl adjacent to an activating group) is 1. The van der Waals surface area contributed by atoms with E-state index in [4.69, 9.17) is 16.6 Å². The molecule has 0 rings (SSSR count). The van der Waals surface area contributed by atoms with E-state index in [9.17, 15) is 24.6 Å². The zero-order valence-electron chi connectivity index (χ0n) is 17.6. The van der Waals surface area contributed by atoms with E-state index in [1.54, 1.807) is 23.6 Å². The molecule has 0 saturated carbocycles. The molecule has 0 aliphatic rings. The number of aliphatic hydroxyl groups is 2.